The zero-order valence-electron chi connectivity index (χ0n) is 10.4. The number of nitrogen functional groups attached to an aromatic ring is 1. The molecule has 5 nitrogen and oxygen atoms in total. The lowest BCUT2D eigenvalue weighted by Crippen LogP contribution is -2.31. The van der Waals surface area contributed by atoms with Crippen LogP contribution in [0.2, 0.25) is 0 Å². The van der Waals surface area contributed by atoms with Gasteiger partial charge in [0.1, 0.15) is 10.6 Å². The van der Waals surface area contributed by atoms with E-state index >= 15 is 0 Å². The fraction of sp³-hybridized carbons (Fsp3) is 0.250. The standard InChI is InChI=1S/C12H14N4OS2/c1-3-5-14-10(17)7(2)19-12-15-9(13)8-4-6-18-11(8)16-12/h3-4,6-7H,1,5H2,2H3,(H,14,17)(H2,13,15,16). The minimum absolute atomic E-state index is 0.0710. The Morgan fingerprint density at radius 1 is 1.68 bits per heavy atom. The third-order valence-electron chi connectivity index (χ3n) is 2.41. The topological polar surface area (TPSA) is 80.9 Å². The zero-order valence-corrected chi connectivity index (χ0v) is 12.1. The van der Waals surface area contributed by atoms with E-state index in [4.69, 9.17) is 5.73 Å². The van der Waals surface area contributed by atoms with Gasteiger partial charge in [-0.2, -0.15) is 0 Å². The molecule has 100 valence electrons. The summed E-state index contributed by atoms with van der Waals surface area (Å²) in [4.78, 5) is 21.2. The van der Waals surface area contributed by atoms with Gasteiger partial charge in [0.2, 0.25) is 5.91 Å². The lowest BCUT2D eigenvalue weighted by Gasteiger charge is -2.10. The highest BCUT2D eigenvalue weighted by molar-refractivity contribution is 8.00. The number of thiophene rings is 1. The number of anilines is 1. The molecular formula is C12H14N4OS2. The van der Waals surface area contributed by atoms with Crippen LogP contribution in [0.25, 0.3) is 10.2 Å². The number of fused-ring (bicyclic) bond motifs is 1. The van der Waals surface area contributed by atoms with Crippen LogP contribution in [0, 0.1) is 0 Å². The molecule has 1 atom stereocenters. The van der Waals surface area contributed by atoms with Gasteiger partial charge in [-0.1, -0.05) is 17.8 Å². The van der Waals surface area contributed by atoms with Gasteiger partial charge in [-0.25, -0.2) is 9.97 Å². The van der Waals surface area contributed by atoms with Crippen molar-refractivity contribution >= 4 is 45.0 Å². The van der Waals surface area contributed by atoms with Crippen molar-refractivity contribution in [1.82, 2.24) is 15.3 Å². The van der Waals surface area contributed by atoms with Gasteiger partial charge in [-0.05, 0) is 18.4 Å². The summed E-state index contributed by atoms with van der Waals surface area (Å²) < 4.78 is 0. The molecule has 0 aliphatic heterocycles. The second kappa shape index (κ2) is 6.03. The molecule has 0 fully saturated rings. The van der Waals surface area contributed by atoms with Crippen LogP contribution in [-0.4, -0.2) is 27.7 Å². The number of carbonyl (C=O) groups excluding carboxylic acids is 1. The molecule has 3 N–H and O–H groups in total. The number of nitrogens with one attached hydrogen (secondary N) is 1. The number of thioether (sulfide) groups is 1. The molecular weight excluding hydrogens is 280 g/mol. The minimum atomic E-state index is -0.281. The Labute approximate surface area is 119 Å². The van der Waals surface area contributed by atoms with Crippen LogP contribution in [0.4, 0.5) is 5.82 Å². The maximum atomic E-state index is 11.7. The number of nitrogens with two attached hydrogens (primary N) is 1. The molecule has 19 heavy (non-hydrogen) atoms. The van der Waals surface area contributed by atoms with Crippen molar-refractivity contribution in [1.29, 1.82) is 0 Å². The molecule has 1 unspecified atom stereocenters. The first-order valence-corrected chi connectivity index (χ1v) is 7.43. The first-order valence-electron chi connectivity index (χ1n) is 5.67. The van der Waals surface area contributed by atoms with Gasteiger partial charge in [0.25, 0.3) is 0 Å². The maximum Gasteiger partial charge on any atom is 0.233 e. The number of nitrogens with zero attached hydrogens (tertiary/aromatic N) is 2. The minimum Gasteiger partial charge on any atom is -0.383 e. The average molecular weight is 294 g/mol. The van der Waals surface area contributed by atoms with Crippen LogP contribution in [0.5, 0.6) is 0 Å². The van der Waals surface area contributed by atoms with Crippen molar-refractivity contribution in [3.63, 3.8) is 0 Å². The van der Waals surface area contributed by atoms with E-state index in [1.807, 2.05) is 11.4 Å². The first kappa shape index (κ1) is 13.8. The van der Waals surface area contributed by atoms with Crippen molar-refractivity contribution in [3.05, 3.63) is 24.1 Å². The van der Waals surface area contributed by atoms with Crippen molar-refractivity contribution in [2.45, 2.75) is 17.3 Å². The molecule has 0 saturated carbocycles. The highest BCUT2D eigenvalue weighted by atomic mass is 32.2. The average Bonchev–Trinajstić information content (AvgIpc) is 2.84. The molecule has 2 heterocycles. The van der Waals surface area contributed by atoms with Crippen LogP contribution >= 0.6 is 23.1 Å². The molecule has 0 saturated heterocycles. The predicted molar refractivity (Wildman–Crippen MR) is 80.4 cm³/mol. The molecule has 0 bridgehead atoms. The lowest BCUT2D eigenvalue weighted by molar-refractivity contribution is -0.120. The Morgan fingerprint density at radius 3 is 3.21 bits per heavy atom. The summed E-state index contributed by atoms with van der Waals surface area (Å²) in [6.45, 7) is 5.82. The fourth-order valence-electron chi connectivity index (χ4n) is 1.44. The quantitative estimate of drug-likeness (QED) is 0.501. The van der Waals surface area contributed by atoms with Crippen LogP contribution in [-0.2, 0) is 4.79 Å². The maximum absolute atomic E-state index is 11.7. The van der Waals surface area contributed by atoms with Crippen LogP contribution in [0.3, 0.4) is 0 Å². The second-order valence-electron chi connectivity index (χ2n) is 3.82. The normalized spacial score (nSPS) is 12.3. The van der Waals surface area contributed by atoms with E-state index in [-0.39, 0.29) is 11.2 Å². The molecule has 2 aromatic rings. The highest BCUT2D eigenvalue weighted by Gasteiger charge is 2.16. The van der Waals surface area contributed by atoms with Gasteiger partial charge in [0, 0.05) is 6.54 Å². The Hall–Kier alpha value is -1.60. The Morgan fingerprint density at radius 2 is 2.47 bits per heavy atom. The van der Waals surface area contributed by atoms with Crippen molar-refractivity contribution in [2.24, 2.45) is 0 Å². The van der Waals surface area contributed by atoms with E-state index in [9.17, 15) is 4.79 Å². The molecule has 0 radical (unpaired) electrons. The summed E-state index contributed by atoms with van der Waals surface area (Å²) in [5.41, 5.74) is 5.86. The van der Waals surface area contributed by atoms with Crippen LogP contribution < -0.4 is 11.1 Å². The fourth-order valence-corrected chi connectivity index (χ4v) is 3.07. The van der Waals surface area contributed by atoms with E-state index in [0.717, 1.165) is 10.2 Å². The molecule has 0 aliphatic carbocycles. The zero-order chi connectivity index (χ0) is 13.8. The number of aromatic nitrogens is 2. The summed E-state index contributed by atoms with van der Waals surface area (Å²) in [5.74, 6) is 0.380. The number of hydrogen-bond acceptors (Lipinski definition) is 6. The SMILES string of the molecule is C=CCNC(=O)C(C)Sc1nc(N)c2ccsc2n1. The Bertz CT molecular complexity index is 611. The van der Waals surface area contributed by atoms with Gasteiger partial charge in [-0.3, -0.25) is 4.79 Å². The molecule has 2 rings (SSSR count). The number of rotatable bonds is 5. The Kier molecular flexibility index (Phi) is 4.39. The predicted octanol–water partition coefficient (Wildman–Crippen LogP) is 2.06. The molecule has 0 aromatic carbocycles. The van der Waals surface area contributed by atoms with Crippen LogP contribution in [0.1, 0.15) is 6.92 Å². The first-order chi connectivity index (χ1) is 9.11. The highest BCUT2D eigenvalue weighted by Crippen LogP contribution is 2.27. The summed E-state index contributed by atoms with van der Waals surface area (Å²) in [6.07, 6.45) is 1.64. The third-order valence-corrected chi connectivity index (χ3v) is 4.17. The largest absolute Gasteiger partial charge is 0.383 e. The smallest absolute Gasteiger partial charge is 0.233 e. The van der Waals surface area contributed by atoms with E-state index in [1.54, 1.807) is 13.0 Å². The van der Waals surface area contributed by atoms with Gasteiger partial charge in [0.05, 0.1) is 10.6 Å². The third kappa shape index (κ3) is 3.24. The van der Waals surface area contributed by atoms with Crippen molar-refractivity contribution < 1.29 is 4.79 Å². The molecule has 0 spiro atoms. The number of amides is 1. The van der Waals surface area contributed by atoms with Crippen LogP contribution in [0.15, 0.2) is 29.3 Å². The summed E-state index contributed by atoms with van der Waals surface area (Å²) >= 11 is 2.80. The van der Waals surface area contributed by atoms with Crippen molar-refractivity contribution in [3.8, 4) is 0 Å². The number of hydrogen-bond donors (Lipinski definition) is 2. The number of carbonyl (C=O) groups is 1. The van der Waals surface area contributed by atoms with E-state index in [0.29, 0.717) is 17.5 Å². The monoisotopic (exact) mass is 294 g/mol. The van der Waals surface area contributed by atoms with E-state index < -0.39 is 0 Å². The van der Waals surface area contributed by atoms with E-state index in [2.05, 4.69) is 21.9 Å². The summed E-state index contributed by atoms with van der Waals surface area (Å²) in [5, 5.41) is 5.76. The molecule has 0 aliphatic rings. The summed E-state index contributed by atoms with van der Waals surface area (Å²) in [6, 6.07) is 1.89. The summed E-state index contributed by atoms with van der Waals surface area (Å²) in [7, 11) is 0. The Balaban J connectivity index is 2.12. The molecule has 2 aromatic heterocycles. The van der Waals surface area contributed by atoms with Gasteiger partial charge in [0.15, 0.2) is 5.16 Å². The van der Waals surface area contributed by atoms with Gasteiger partial charge in [-0.15, -0.1) is 17.9 Å². The van der Waals surface area contributed by atoms with E-state index in [1.165, 1.54) is 23.1 Å². The molecule has 7 heteroatoms. The second-order valence-corrected chi connectivity index (χ2v) is 6.03. The van der Waals surface area contributed by atoms with Crippen molar-refractivity contribution in [2.75, 3.05) is 12.3 Å². The lowest BCUT2D eigenvalue weighted by atomic mass is 10.4. The van der Waals surface area contributed by atoms with Gasteiger partial charge < -0.3 is 11.1 Å². The van der Waals surface area contributed by atoms with Gasteiger partial charge >= 0.3 is 0 Å². The molecule has 1 amide bonds.